The number of urea groups is 1. The summed E-state index contributed by atoms with van der Waals surface area (Å²) in [5, 5.41) is 11.6. The van der Waals surface area contributed by atoms with Gasteiger partial charge in [-0.1, -0.05) is 23.7 Å². The topological polar surface area (TPSA) is 63.1 Å². The lowest BCUT2D eigenvalue weighted by atomic mass is 10.1. The lowest BCUT2D eigenvalue weighted by Crippen LogP contribution is -2.39. The Morgan fingerprint density at radius 3 is 3.13 bits per heavy atom. The van der Waals surface area contributed by atoms with Crippen LogP contribution < -0.4 is 5.32 Å². The van der Waals surface area contributed by atoms with Crippen molar-refractivity contribution in [3.05, 3.63) is 47.0 Å². The zero-order valence-electron chi connectivity index (χ0n) is 13.1. The number of benzene rings is 1. The van der Waals surface area contributed by atoms with Crippen LogP contribution in [0.2, 0.25) is 5.02 Å². The number of hydrogen-bond donors (Lipinski definition) is 1. The van der Waals surface area contributed by atoms with Crippen LogP contribution in [0.25, 0.3) is 0 Å². The Balaban J connectivity index is 1.66. The Bertz CT molecular complexity index is 687. The summed E-state index contributed by atoms with van der Waals surface area (Å²) < 4.78 is 1.92. The van der Waals surface area contributed by atoms with Gasteiger partial charge >= 0.3 is 6.03 Å². The number of aryl methyl sites for hydroxylation is 1. The molecule has 0 radical (unpaired) electrons. The van der Waals surface area contributed by atoms with E-state index < -0.39 is 0 Å². The minimum Gasteiger partial charge on any atom is -0.331 e. The summed E-state index contributed by atoms with van der Waals surface area (Å²) in [7, 11) is 0. The summed E-state index contributed by atoms with van der Waals surface area (Å²) in [5.41, 5.74) is 1.09. The molecule has 2 aromatic rings. The molecule has 122 valence electrons. The van der Waals surface area contributed by atoms with Gasteiger partial charge in [-0.3, -0.25) is 0 Å². The molecule has 7 heteroatoms. The van der Waals surface area contributed by atoms with Crippen LogP contribution in [0.3, 0.4) is 0 Å². The van der Waals surface area contributed by atoms with Gasteiger partial charge in [0.1, 0.15) is 6.33 Å². The van der Waals surface area contributed by atoms with Crippen LogP contribution in [-0.4, -0.2) is 32.2 Å². The van der Waals surface area contributed by atoms with Crippen molar-refractivity contribution in [1.82, 2.24) is 25.0 Å². The van der Waals surface area contributed by atoms with Crippen LogP contribution in [0.15, 0.2) is 30.6 Å². The highest BCUT2D eigenvalue weighted by Crippen LogP contribution is 2.32. The van der Waals surface area contributed by atoms with Crippen molar-refractivity contribution in [2.75, 3.05) is 6.54 Å². The molecule has 1 aliphatic heterocycles. The Labute approximate surface area is 140 Å². The summed E-state index contributed by atoms with van der Waals surface area (Å²) in [6.45, 7) is 3.94. The van der Waals surface area contributed by atoms with Gasteiger partial charge in [0.05, 0.1) is 12.6 Å². The van der Waals surface area contributed by atoms with Crippen molar-refractivity contribution in [3.63, 3.8) is 0 Å². The van der Waals surface area contributed by atoms with E-state index in [1.54, 1.807) is 6.33 Å². The average molecular weight is 334 g/mol. The number of amides is 2. The maximum atomic E-state index is 12.5. The Morgan fingerprint density at radius 2 is 2.35 bits per heavy atom. The van der Waals surface area contributed by atoms with Gasteiger partial charge < -0.3 is 14.8 Å². The van der Waals surface area contributed by atoms with Crippen LogP contribution >= 0.6 is 11.6 Å². The first-order valence-corrected chi connectivity index (χ1v) is 8.23. The van der Waals surface area contributed by atoms with E-state index in [1.807, 2.05) is 40.7 Å². The van der Waals surface area contributed by atoms with Gasteiger partial charge in [0, 0.05) is 18.1 Å². The quantitative estimate of drug-likeness (QED) is 0.935. The summed E-state index contributed by atoms with van der Waals surface area (Å²) >= 11 is 6.08. The molecule has 0 bridgehead atoms. The van der Waals surface area contributed by atoms with Gasteiger partial charge in [0.25, 0.3) is 0 Å². The van der Waals surface area contributed by atoms with E-state index in [4.69, 9.17) is 11.6 Å². The van der Waals surface area contributed by atoms with E-state index in [0.29, 0.717) is 11.6 Å². The zero-order chi connectivity index (χ0) is 16.2. The van der Waals surface area contributed by atoms with E-state index in [1.165, 1.54) is 0 Å². The summed E-state index contributed by atoms with van der Waals surface area (Å²) in [5.74, 6) is 0.763. The molecule has 1 atom stereocenters. The highest BCUT2D eigenvalue weighted by atomic mass is 35.5. The van der Waals surface area contributed by atoms with Gasteiger partial charge in [-0.05, 0) is 37.5 Å². The van der Waals surface area contributed by atoms with E-state index >= 15 is 0 Å². The fourth-order valence-electron chi connectivity index (χ4n) is 3.01. The predicted molar refractivity (Wildman–Crippen MR) is 88.1 cm³/mol. The molecule has 6 nitrogen and oxygen atoms in total. The molecule has 2 amide bonds. The molecule has 1 aromatic carbocycles. The number of nitrogens with zero attached hydrogens (tertiary/aromatic N) is 4. The number of hydrogen-bond acceptors (Lipinski definition) is 3. The van der Waals surface area contributed by atoms with E-state index in [-0.39, 0.29) is 12.1 Å². The maximum absolute atomic E-state index is 12.5. The zero-order valence-corrected chi connectivity index (χ0v) is 13.8. The maximum Gasteiger partial charge on any atom is 0.318 e. The van der Waals surface area contributed by atoms with Gasteiger partial charge in [-0.25, -0.2) is 4.79 Å². The first kappa shape index (κ1) is 15.8. The normalized spacial score (nSPS) is 17.5. The molecule has 23 heavy (non-hydrogen) atoms. The van der Waals surface area contributed by atoms with Crippen molar-refractivity contribution in [2.45, 2.75) is 38.9 Å². The van der Waals surface area contributed by atoms with E-state index in [2.05, 4.69) is 15.5 Å². The molecule has 3 rings (SSSR count). The van der Waals surface area contributed by atoms with E-state index in [9.17, 15) is 4.79 Å². The second-order valence-corrected chi connectivity index (χ2v) is 6.03. The average Bonchev–Trinajstić information content (AvgIpc) is 3.21. The Hall–Kier alpha value is -2.08. The molecule has 1 N–H and O–H groups in total. The highest BCUT2D eigenvalue weighted by Gasteiger charge is 2.30. The molecule has 1 saturated heterocycles. The third kappa shape index (κ3) is 3.47. The van der Waals surface area contributed by atoms with Gasteiger partial charge in [-0.15, -0.1) is 10.2 Å². The number of halogens is 1. The first-order valence-electron chi connectivity index (χ1n) is 7.85. The molecule has 1 fully saturated rings. The largest absolute Gasteiger partial charge is 0.331 e. The Morgan fingerprint density at radius 1 is 1.48 bits per heavy atom. The number of aromatic nitrogens is 3. The number of carbonyl (C=O) groups excluding carboxylic acids is 1. The van der Waals surface area contributed by atoms with Crippen molar-refractivity contribution in [2.24, 2.45) is 0 Å². The summed E-state index contributed by atoms with van der Waals surface area (Å²) in [6, 6.07) is 7.75. The lowest BCUT2D eigenvalue weighted by Gasteiger charge is -2.25. The Kier molecular flexibility index (Phi) is 4.81. The van der Waals surface area contributed by atoms with Gasteiger partial charge in [0.2, 0.25) is 0 Å². The summed E-state index contributed by atoms with van der Waals surface area (Å²) in [4.78, 5) is 14.4. The van der Waals surface area contributed by atoms with Crippen LogP contribution in [0, 0.1) is 0 Å². The van der Waals surface area contributed by atoms with E-state index in [0.717, 1.165) is 37.3 Å². The summed E-state index contributed by atoms with van der Waals surface area (Å²) in [6.07, 6.45) is 3.63. The smallest absolute Gasteiger partial charge is 0.318 e. The van der Waals surface area contributed by atoms with Crippen molar-refractivity contribution < 1.29 is 4.79 Å². The number of rotatable bonds is 4. The monoisotopic (exact) mass is 333 g/mol. The van der Waals surface area contributed by atoms with Gasteiger partial charge in [0.15, 0.2) is 5.82 Å². The molecular formula is C16H20ClN5O. The van der Waals surface area contributed by atoms with Crippen LogP contribution in [0.1, 0.15) is 37.2 Å². The standard InChI is InChI=1S/C16H20ClN5O/c1-2-21-11-19-20-15(21)10-18-16(23)22-8-4-7-14(22)12-5-3-6-13(17)9-12/h3,5-6,9,11,14H,2,4,7-8,10H2,1H3,(H,18,23). The first-order chi connectivity index (χ1) is 11.2. The second-order valence-electron chi connectivity index (χ2n) is 5.60. The van der Waals surface area contributed by atoms with Crippen LogP contribution in [0.5, 0.6) is 0 Å². The molecular weight excluding hydrogens is 314 g/mol. The number of likely N-dealkylation sites (tertiary alicyclic amines) is 1. The SMILES string of the molecule is CCn1cnnc1CNC(=O)N1CCCC1c1cccc(Cl)c1. The van der Waals surface area contributed by atoms with Crippen molar-refractivity contribution >= 4 is 17.6 Å². The van der Waals surface area contributed by atoms with Gasteiger partial charge in [-0.2, -0.15) is 0 Å². The number of nitrogens with one attached hydrogen (secondary N) is 1. The molecule has 1 unspecified atom stereocenters. The molecule has 0 aliphatic carbocycles. The third-order valence-corrected chi connectivity index (χ3v) is 4.42. The lowest BCUT2D eigenvalue weighted by molar-refractivity contribution is 0.192. The third-order valence-electron chi connectivity index (χ3n) is 4.18. The minimum absolute atomic E-state index is 0.0712. The molecule has 0 spiro atoms. The predicted octanol–water partition coefficient (Wildman–Crippen LogP) is 3.00. The minimum atomic E-state index is -0.0712. The number of carbonyl (C=O) groups is 1. The molecule has 1 aromatic heterocycles. The fourth-order valence-corrected chi connectivity index (χ4v) is 3.21. The van der Waals surface area contributed by atoms with Crippen LogP contribution in [0.4, 0.5) is 4.79 Å². The second kappa shape index (κ2) is 7.00. The molecule has 1 aliphatic rings. The van der Waals surface area contributed by atoms with Crippen molar-refractivity contribution in [3.8, 4) is 0 Å². The van der Waals surface area contributed by atoms with Crippen LogP contribution in [-0.2, 0) is 13.1 Å². The highest BCUT2D eigenvalue weighted by molar-refractivity contribution is 6.30. The van der Waals surface area contributed by atoms with Crippen molar-refractivity contribution in [1.29, 1.82) is 0 Å². The fraction of sp³-hybridized carbons (Fsp3) is 0.438. The molecule has 2 heterocycles. The molecule has 0 saturated carbocycles.